The Morgan fingerprint density at radius 2 is 1.95 bits per heavy atom. The summed E-state index contributed by atoms with van der Waals surface area (Å²) in [4.78, 5) is 11.4. The van der Waals surface area contributed by atoms with Crippen LogP contribution >= 0.6 is 12.4 Å². The van der Waals surface area contributed by atoms with Gasteiger partial charge >= 0.3 is 0 Å². The molecule has 21 heavy (non-hydrogen) atoms. The Kier molecular flexibility index (Phi) is 8.89. The smallest absolute Gasteiger partial charge is 0.277 e. The number of carbonyl (C=O) groups is 1. The highest BCUT2D eigenvalue weighted by Gasteiger charge is 2.26. The lowest BCUT2D eigenvalue weighted by Crippen LogP contribution is -2.41. The predicted octanol–water partition coefficient (Wildman–Crippen LogP) is 2.15. The number of halogens is 3. The molecule has 0 unspecified atom stereocenters. The lowest BCUT2D eigenvalue weighted by Gasteiger charge is -2.14. The number of ether oxygens (including phenoxy) is 1. The van der Waals surface area contributed by atoms with Gasteiger partial charge in [0.2, 0.25) is 5.91 Å². The minimum atomic E-state index is -3.05. The molecule has 1 rings (SSSR count). The molecule has 0 radical (unpaired) electrons. The van der Waals surface area contributed by atoms with Crippen LogP contribution in [0, 0.1) is 0 Å². The fraction of sp³-hybridized carbons (Fsp3) is 0.500. The summed E-state index contributed by atoms with van der Waals surface area (Å²) >= 11 is 0. The first-order valence-electron chi connectivity index (χ1n) is 6.53. The third-order valence-electron chi connectivity index (χ3n) is 2.72. The van der Waals surface area contributed by atoms with E-state index in [2.05, 4.69) is 5.32 Å². The van der Waals surface area contributed by atoms with Gasteiger partial charge in [0.1, 0.15) is 5.75 Å². The largest absolute Gasteiger partial charge is 0.494 e. The molecular weight excluding hydrogens is 302 g/mol. The van der Waals surface area contributed by atoms with Crippen molar-refractivity contribution in [3.63, 3.8) is 0 Å². The van der Waals surface area contributed by atoms with Crippen LogP contribution in [0.15, 0.2) is 24.3 Å². The van der Waals surface area contributed by atoms with Crippen LogP contribution in [0.25, 0.3) is 0 Å². The van der Waals surface area contributed by atoms with Crippen molar-refractivity contribution in [2.45, 2.75) is 25.7 Å². The topological polar surface area (TPSA) is 64.3 Å². The van der Waals surface area contributed by atoms with Gasteiger partial charge in [-0.1, -0.05) is 12.1 Å². The lowest BCUT2D eigenvalue weighted by molar-refractivity contribution is -0.122. The highest BCUT2D eigenvalue weighted by atomic mass is 35.5. The number of alkyl halides is 2. The number of nitrogens with two attached hydrogens (primary N) is 1. The molecule has 0 bridgehead atoms. The summed E-state index contributed by atoms with van der Waals surface area (Å²) < 4.78 is 31.0. The van der Waals surface area contributed by atoms with Crippen LogP contribution in [0.1, 0.15) is 18.9 Å². The number of benzene rings is 1. The van der Waals surface area contributed by atoms with Gasteiger partial charge in [-0.15, -0.1) is 12.4 Å². The second-order valence-electron chi connectivity index (χ2n) is 4.41. The molecule has 0 fully saturated rings. The number of hydrogen-bond donors (Lipinski definition) is 2. The summed E-state index contributed by atoms with van der Waals surface area (Å²) in [6.07, 6.45) is 0.654. The minimum absolute atomic E-state index is 0. The monoisotopic (exact) mass is 322 g/mol. The molecule has 0 aliphatic heterocycles. The first-order valence-corrected chi connectivity index (χ1v) is 6.53. The SMILES string of the molecule is CCOc1ccc(CCC(=O)NCC(F)(F)CN)cc1.Cl. The number of amides is 1. The summed E-state index contributed by atoms with van der Waals surface area (Å²) in [5.74, 6) is -2.69. The second-order valence-corrected chi connectivity index (χ2v) is 4.41. The Morgan fingerprint density at radius 1 is 1.33 bits per heavy atom. The molecule has 0 saturated heterocycles. The van der Waals surface area contributed by atoms with E-state index >= 15 is 0 Å². The molecule has 0 spiro atoms. The molecule has 0 aromatic heterocycles. The Labute approximate surface area is 129 Å². The van der Waals surface area contributed by atoms with Crippen molar-refractivity contribution in [3.05, 3.63) is 29.8 Å². The predicted molar refractivity (Wildman–Crippen MR) is 80.2 cm³/mol. The van der Waals surface area contributed by atoms with E-state index in [1.54, 1.807) is 0 Å². The number of aryl methyl sites for hydroxylation is 1. The third kappa shape index (κ3) is 7.82. The zero-order chi connectivity index (χ0) is 15.0. The van der Waals surface area contributed by atoms with Crippen molar-refractivity contribution in [1.29, 1.82) is 0 Å². The van der Waals surface area contributed by atoms with Gasteiger partial charge in [-0.05, 0) is 31.0 Å². The minimum Gasteiger partial charge on any atom is -0.494 e. The molecular formula is C14H21ClF2N2O2. The quantitative estimate of drug-likeness (QED) is 0.771. The average Bonchev–Trinajstić information content (AvgIpc) is 2.45. The zero-order valence-corrected chi connectivity index (χ0v) is 12.7. The Balaban J connectivity index is 0.00000400. The summed E-state index contributed by atoms with van der Waals surface area (Å²) in [6.45, 7) is 1.00. The van der Waals surface area contributed by atoms with Crippen LogP contribution in [0.2, 0.25) is 0 Å². The van der Waals surface area contributed by atoms with Gasteiger partial charge in [-0.25, -0.2) is 8.78 Å². The van der Waals surface area contributed by atoms with Crippen LogP contribution < -0.4 is 15.8 Å². The molecule has 0 atom stereocenters. The van der Waals surface area contributed by atoms with Crippen LogP contribution in [0.5, 0.6) is 5.75 Å². The Morgan fingerprint density at radius 3 is 2.48 bits per heavy atom. The number of rotatable bonds is 8. The van der Waals surface area contributed by atoms with E-state index in [0.29, 0.717) is 13.0 Å². The molecule has 1 aromatic carbocycles. The highest BCUT2D eigenvalue weighted by Crippen LogP contribution is 2.13. The van der Waals surface area contributed by atoms with E-state index in [-0.39, 0.29) is 18.8 Å². The maximum Gasteiger partial charge on any atom is 0.277 e. The van der Waals surface area contributed by atoms with Gasteiger partial charge in [0.15, 0.2) is 0 Å². The van der Waals surface area contributed by atoms with Gasteiger partial charge in [0, 0.05) is 6.42 Å². The van der Waals surface area contributed by atoms with Gasteiger partial charge < -0.3 is 15.8 Å². The van der Waals surface area contributed by atoms with Crippen LogP contribution in [-0.4, -0.2) is 31.5 Å². The standard InChI is InChI=1S/C14H20F2N2O2.ClH/c1-2-20-12-6-3-11(4-7-12)5-8-13(19)18-10-14(15,16)9-17;/h3-4,6-7H,2,5,8-10,17H2,1H3,(H,18,19);1H. The molecule has 3 N–H and O–H groups in total. The van der Waals surface area contributed by atoms with Gasteiger partial charge in [-0.2, -0.15) is 0 Å². The molecule has 1 amide bonds. The van der Waals surface area contributed by atoms with E-state index in [1.165, 1.54) is 0 Å². The van der Waals surface area contributed by atoms with E-state index in [1.807, 2.05) is 31.2 Å². The maximum absolute atomic E-state index is 12.8. The Bertz CT molecular complexity index is 427. The second kappa shape index (κ2) is 9.52. The van der Waals surface area contributed by atoms with Crippen molar-refractivity contribution in [2.24, 2.45) is 5.73 Å². The van der Waals surface area contributed by atoms with Crippen LogP contribution in [0.3, 0.4) is 0 Å². The molecule has 120 valence electrons. The fourth-order valence-corrected chi connectivity index (χ4v) is 1.57. The lowest BCUT2D eigenvalue weighted by atomic mass is 10.1. The maximum atomic E-state index is 12.8. The van der Waals surface area contributed by atoms with Crippen molar-refractivity contribution in [2.75, 3.05) is 19.7 Å². The van der Waals surface area contributed by atoms with Crippen LogP contribution in [0.4, 0.5) is 8.78 Å². The van der Waals surface area contributed by atoms with Gasteiger partial charge in [0.05, 0.1) is 19.7 Å². The van der Waals surface area contributed by atoms with E-state index in [0.717, 1.165) is 11.3 Å². The molecule has 1 aromatic rings. The molecule has 0 aliphatic carbocycles. The highest BCUT2D eigenvalue weighted by molar-refractivity contribution is 5.85. The molecule has 0 aliphatic rings. The average molecular weight is 323 g/mol. The summed E-state index contributed by atoms with van der Waals surface area (Å²) in [6, 6.07) is 7.35. The first kappa shape index (κ1) is 19.6. The normalized spacial score (nSPS) is 10.7. The number of nitrogens with one attached hydrogen (secondary N) is 1. The number of hydrogen-bond acceptors (Lipinski definition) is 3. The molecule has 0 heterocycles. The van der Waals surface area contributed by atoms with Crippen molar-refractivity contribution >= 4 is 18.3 Å². The van der Waals surface area contributed by atoms with E-state index < -0.39 is 24.9 Å². The third-order valence-corrected chi connectivity index (χ3v) is 2.72. The first-order chi connectivity index (χ1) is 9.46. The van der Waals surface area contributed by atoms with Crippen molar-refractivity contribution in [3.8, 4) is 5.75 Å². The zero-order valence-electron chi connectivity index (χ0n) is 11.9. The van der Waals surface area contributed by atoms with Crippen LogP contribution in [-0.2, 0) is 11.2 Å². The summed E-state index contributed by atoms with van der Waals surface area (Å²) in [7, 11) is 0. The van der Waals surface area contributed by atoms with Gasteiger partial charge in [-0.3, -0.25) is 4.79 Å². The molecule has 7 heteroatoms. The Hall–Kier alpha value is -1.40. The van der Waals surface area contributed by atoms with E-state index in [4.69, 9.17) is 10.5 Å². The number of carbonyl (C=O) groups excluding carboxylic acids is 1. The fourth-order valence-electron chi connectivity index (χ4n) is 1.57. The molecule has 4 nitrogen and oxygen atoms in total. The van der Waals surface area contributed by atoms with Crippen molar-refractivity contribution in [1.82, 2.24) is 5.32 Å². The molecule has 0 saturated carbocycles. The van der Waals surface area contributed by atoms with E-state index in [9.17, 15) is 13.6 Å². The van der Waals surface area contributed by atoms with Crippen molar-refractivity contribution < 1.29 is 18.3 Å². The summed E-state index contributed by atoms with van der Waals surface area (Å²) in [5.41, 5.74) is 5.84. The summed E-state index contributed by atoms with van der Waals surface area (Å²) in [5, 5.41) is 2.18. The van der Waals surface area contributed by atoms with Gasteiger partial charge in [0.25, 0.3) is 5.92 Å².